The van der Waals surface area contributed by atoms with Crippen molar-refractivity contribution in [1.29, 1.82) is 0 Å². The highest BCUT2D eigenvalue weighted by Crippen LogP contribution is 2.25. The van der Waals surface area contributed by atoms with E-state index in [1.54, 1.807) is 12.1 Å². The first-order valence-electron chi connectivity index (χ1n) is 5.96. The fourth-order valence-corrected chi connectivity index (χ4v) is 2.78. The van der Waals surface area contributed by atoms with Gasteiger partial charge in [0.1, 0.15) is 0 Å². The monoisotopic (exact) mass is 397 g/mol. The molecule has 0 heterocycles. The number of rotatable bonds is 4. The zero-order valence-electron chi connectivity index (χ0n) is 10.8. The molecule has 2 aromatic carbocycles. The topological polar surface area (TPSA) is 40.5 Å². The second-order valence-electron chi connectivity index (χ2n) is 4.45. The van der Waals surface area contributed by atoms with Crippen LogP contribution in [0.25, 0.3) is 0 Å². The molecule has 2 aromatic rings. The fraction of sp³-hybridized carbons (Fsp3) is 0.133. The Morgan fingerprint density at radius 3 is 2.55 bits per heavy atom. The summed E-state index contributed by atoms with van der Waals surface area (Å²) in [6, 6.07) is 13.2. The van der Waals surface area contributed by atoms with Crippen LogP contribution in [-0.4, -0.2) is 18.1 Å². The van der Waals surface area contributed by atoms with Crippen LogP contribution in [0.4, 0.5) is 5.69 Å². The van der Waals surface area contributed by atoms with E-state index >= 15 is 0 Å². The Hall–Kier alpha value is -1.33. The van der Waals surface area contributed by atoms with Crippen molar-refractivity contribution >= 4 is 43.5 Å². The molecule has 0 aromatic heterocycles. The number of benzene rings is 2. The molecule has 104 valence electrons. The summed E-state index contributed by atoms with van der Waals surface area (Å²) in [7, 11) is 1.94. The third-order valence-electron chi connectivity index (χ3n) is 2.94. The molecule has 0 saturated carbocycles. The third-order valence-corrected chi connectivity index (χ3v) is 4.17. The summed E-state index contributed by atoms with van der Waals surface area (Å²) in [5, 5.41) is 9.10. The molecule has 0 fully saturated rings. The number of carbonyl (C=O) groups is 1. The summed E-state index contributed by atoms with van der Waals surface area (Å²) < 4.78 is 1.80. The lowest BCUT2D eigenvalue weighted by atomic mass is 10.1. The maximum absolute atomic E-state index is 11.1. The Morgan fingerprint density at radius 1 is 1.20 bits per heavy atom. The average molecular weight is 399 g/mol. The van der Waals surface area contributed by atoms with Gasteiger partial charge in [-0.2, -0.15) is 0 Å². The number of halogens is 2. The summed E-state index contributed by atoms with van der Waals surface area (Å²) in [5.74, 6) is -0.929. The van der Waals surface area contributed by atoms with Crippen LogP contribution in [0.5, 0.6) is 0 Å². The minimum atomic E-state index is -0.929. The van der Waals surface area contributed by atoms with Crippen LogP contribution >= 0.6 is 31.9 Å². The Kier molecular flexibility index (Phi) is 4.83. The summed E-state index contributed by atoms with van der Waals surface area (Å²) in [5.41, 5.74) is 2.27. The molecule has 0 atom stereocenters. The van der Waals surface area contributed by atoms with Crippen molar-refractivity contribution in [2.75, 3.05) is 11.9 Å². The van der Waals surface area contributed by atoms with E-state index in [9.17, 15) is 4.79 Å². The molecule has 1 N–H and O–H groups in total. The van der Waals surface area contributed by atoms with Crippen molar-refractivity contribution in [3.63, 3.8) is 0 Å². The average Bonchev–Trinajstić information content (AvgIpc) is 2.40. The number of carboxylic acid groups (broad SMARTS) is 1. The van der Waals surface area contributed by atoms with Gasteiger partial charge in [0, 0.05) is 28.2 Å². The van der Waals surface area contributed by atoms with Gasteiger partial charge in [-0.05, 0) is 29.8 Å². The molecule has 0 bridgehead atoms. The van der Waals surface area contributed by atoms with Crippen molar-refractivity contribution < 1.29 is 9.90 Å². The number of aromatic carboxylic acids is 1. The van der Waals surface area contributed by atoms with Gasteiger partial charge in [0.25, 0.3) is 0 Å². The van der Waals surface area contributed by atoms with Crippen LogP contribution in [0.1, 0.15) is 15.9 Å². The maximum Gasteiger partial charge on any atom is 0.335 e. The van der Waals surface area contributed by atoms with E-state index in [1.165, 1.54) is 0 Å². The largest absolute Gasteiger partial charge is 0.478 e. The summed E-state index contributed by atoms with van der Waals surface area (Å²) in [6.45, 7) is 0.691. The van der Waals surface area contributed by atoms with Crippen molar-refractivity contribution in [1.82, 2.24) is 0 Å². The van der Waals surface area contributed by atoms with Gasteiger partial charge in [0.05, 0.1) is 5.56 Å². The van der Waals surface area contributed by atoms with Gasteiger partial charge >= 0.3 is 5.97 Å². The molecule has 0 aliphatic rings. The van der Waals surface area contributed by atoms with E-state index in [4.69, 9.17) is 5.11 Å². The molecule has 0 spiro atoms. The molecule has 0 aliphatic carbocycles. The normalized spacial score (nSPS) is 10.3. The first kappa shape index (κ1) is 15.1. The SMILES string of the molecule is CN(Cc1ccccc1Br)c1cc(Br)cc(C(=O)O)c1. The molecule has 0 aliphatic heterocycles. The van der Waals surface area contributed by atoms with Gasteiger partial charge in [-0.1, -0.05) is 50.1 Å². The Labute approximate surface area is 134 Å². The second kappa shape index (κ2) is 6.41. The summed E-state index contributed by atoms with van der Waals surface area (Å²) in [4.78, 5) is 13.1. The molecular weight excluding hydrogens is 386 g/mol. The van der Waals surface area contributed by atoms with Crippen LogP contribution < -0.4 is 4.90 Å². The Balaban J connectivity index is 2.27. The van der Waals surface area contributed by atoms with E-state index in [-0.39, 0.29) is 5.56 Å². The van der Waals surface area contributed by atoms with Gasteiger partial charge in [-0.3, -0.25) is 0 Å². The molecular formula is C15H13Br2NO2. The number of hydrogen-bond acceptors (Lipinski definition) is 2. The van der Waals surface area contributed by atoms with Gasteiger partial charge in [-0.25, -0.2) is 4.79 Å². The van der Waals surface area contributed by atoms with Crippen molar-refractivity contribution in [2.24, 2.45) is 0 Å². The minimum absolute atomic E-state index is 0.272. The predicted octanol–water partition coefficient (Wildman–Crippen LogP) is 4.55. The lowest BCUT2D eigenvalue weighted by Gasteiger charge is -2.21. The molecule has 5 heteroatoms. The number of carboxylic acids is 1. The van der Waals surface area contributed by atoms with Gasteiger partial charge in [0.2, 0.25) is 0 Å². The Morgan fingerprint density at radius 2 is 1.90 bits per heavy atom. The third kappa shape index (κ3) is 3.61. The van der Waals surface area contributed by atoms with Crippen LogP contribution in [0.3, 0.4) is 0 Å². The lowest BCUT2D eigenvalue weighted by Crippen LogP contribution is -2.17. The van der Waals surface area contributed by atoms with Crippen molar-refractivity contribution in [2.45, 2.75) is 6.54 Å². The van der Waals surface area contributed by atoms with Crippen molar-refractivity contribution in [3.8, 4) is 0 Å². The van der Waals surface area contributed by atoms with E-state index in [0.29, 0.717) is 6.54 Å². The van der Waals surface area contributed by atoms with E-state index < -0.39 is 5.97 Å². The summed E-state index contributed by atoms with van der Waals surface area (Å²) in [6.07, 6.45) is 0. The van der Waals surface area contributed by atoms with Crippen LogP contribution in [0.2, 0.25) is 0 Å². The zero-order chi connectivity index (χ0) is 14.7. The van der Waals surface area contributed by atoms with Gasteiger partial charge < -0.3 is 10.0 Å². The lowest BCUT2D eigenvalue weighted by molar-refractivity contribution is 0.0697. The second-order valence-corrected chi connectivity index (χ2v) is 6.22. The molecule has 2 rings (SSSR count). The zero-order valence-corrected chi connectivity index (χ0v) is 14.0. The standard InChI is InChI=1S/C15H13Br2NO2/c1-18(9-10-4-2-3-5-14(10)17)13-7-11(15(19)20)6-12(16)8-13/h2-8H,9H2,1H3,(H,19,20). The number of nitrogens with zero attached hydrogens (tertiary/aromatic N) is 1. The minimum Gasteiger partial charge on any atom is -0.478 e. The van der Waals surface area contributed by atoms with E-state index in [1.807, 2.05) is 42.3 Å². The molecule has 20 heavy (non-hydrogen) atoms. The molecule has 0 unspecified atom stereocenters. The first-order valence-corrected chi connectivity index (χ1v) is 7.54. The predicted molar refractivity (Wildman–Crippen MR) is 87.4 cm³/mol. The van der Waals surface area contributed by atoms with Gasteiger partial charge in [0.15, 0.2) is 0 Å². The molecule has 3 nitrogen and oxygen atoms in total. The molecule has 0 radical (unpaired) electrons. The highest BCUT2D eigenvalue weighted by atomic mass is 79.9. The smallest absolute Gasteiger partial charge is 0.335 e. The maximum atomic E-state index is 11.1. The fourth-order valence-electron chi connectivity index (χ4n) is 1.89. The first-order chi connectivity index (χ1) is 9.47. The highest BCUT2D eigenvalue weighted by Gasteiger charge is 2.10. The summed E-state index contributed by atoms with van der Waals surface area (Å²) >= 11 is 6.87. The van der Waals surface area contributed by atoms with Crippen LogP contribution in [-0.2, 0) is 6.54 Å². The van der Waals surface area contributed by atoms with Gasteiger partial charge in [-0.15, -0.1) is 0 Å². The number of anilines is 1. The quantitative estimate of drug-likeness (QED) is 0.821. The highest BCUT2D eigenvalue weighted by molar-refractivity contribution is 9.10. The van der Waals surface area contributed by atoms with Crippen LogP contribution in [0.15, 0.2) is 51.4 Å². The van der Waals surface area contributed by atoms with E-state index in [0.717, 1.165) is 20.2 Å². The van der Waals surface area contributed by atoms with Crippen LogP contribution in [0, 0.1) is 0 Å². The van der Waals surface area contributed by atoms with E-state index in [2.05, 4.69) is 31.9 Å². The Bertz CT molecular complexity index is 644. The van der Waals surface area contributed by atoms with Crippen molar-refractivity contribution in [3.05, 3.63) is 62.5 Å². The number of hydrogen-bond donors (Lipinski definition) is 1. The molecule has 0 saturated heterocycles. The molecule has 0 amide bonds.